The maximum Gasteiger partial charge on any atom is 0.264 e. The van der Waals surface area contributed by atoms with Crippen molar-refractivity contribution in [2.24, 2.45) is 0 Å². The lowest BCUT2D eigenvalue weighted by molar-refractivity contribution is 0.0747. The summed E-state index contributed by atoms with van der Waals surface area (Å²) in [6.45, 7) is 9.74. The first-order valence-electron chi connectivity index (χ1n) is 11.5. The molecule has 2 aromatic heterocycles. The van der Waals surface area contributed by atoms with Crippen LogP contribution >= 0.6 is 0 Å². The molecule has 12 heteroatoms. The van der Waals surface area contributed by atoms with Crippen LogP contribution in [0.5, 0.6) is 0 Å². The smallest absolute Gasteiger partial charge is 0.264 e. The largest absolute Gasteiger partial charge is 0.384 e. The van der Waals surface area contributed by atoms with Gasteiger partial charge in [-0.2, -0.15) is 15.0 Å². The second-order valence-corrected chi connectivity index (χ2v) is 8.72. The Bertz CT molecular complexity index is 964. The third-order valence-corrected chi connectivity index (χ3v) is 6.21. The molecule has 0 saturated carbocycles. The van der Waals surface area contributed by atoms with E-state index in [9.17, 15) is 8.78 Å². The van der Waals surface area contributed by atoms with Gasteiger partial charge in [-0.1, -0.05) is 0 Å². The maximum absolute atomic E-state index is 13.9. The van der Waals surface area contributed by atoms with Crippen molar-refractivity contribution < 1.29 is 18.3 Å². The van der Waals surface area contributed by atoms with E-state index in [2.05, 4.69) is 29.7 Å². The Hall–Kier alpha value is -2.70. The number of alkyl halides is 2. The van der Waals surface area contributed by atoms with Gasteiger partial charge in [0.25, 0.3) is 6.43 Å². The van der Waals surface area contributed by atoms with E-state index >= 15 is 0 Å². The number of aromatic nitrogens is 4. The molecule has 186 valence electrons. The minimum atomic E-state index is -2.74. The van der Waals surface area contributed by atoms with Crippen molar-refractivity contribution in [2.75, 3.05) is 75.2 Å². The molecule has 2 aliphatic heterocycles. The van der Waals surface area contributed by atoms with Gasteiger partial charge in [-0.15, -0.1) is 0 Å². The SMILES string of the molecule is COCCN1CCN(c2nc(-c3cnc(N)cc3C(F)F)nc(N3[C@H](C)COC[C@@H]3C)n2)CC1. The molecule has 0 aliphatic carbocycles. The van der Waals surface area contributed by atoms with Gasteiger partial charge in [-0.3, -0.25) is 4.90 Å². The lowest BCUT2D eigenvalue weighted by atomic mass is 10.1. The Morgan fingerprint density at radius 1 is 1.09 bits per heavy atom. The molecule has 2 aromatic rings. The van der Waals surface area contributed by atoms with Gasteiger partial charge in [0.05, 0.1) is 31.9 Å². The van der Waals surface area contributed by atoms with Gasteiger partial charge in [0, 0.05) is 57.2 Å². The summed E-state index contributed by atoms with van der Waals surface area (Å²) in [5.41, 5.74) is 5.59. The van der Waals surface area contributed by atoms with E-state index in [0.717, 1.165) is 19.6 Å². The van der Waals surface area contributed by atoms with Crippen LogP contribution in [-0.4, -0.2) is 96.6 Å². The average Bonchev–Trinajstić information content (AvgIpc) is 2.82. The first-order valence-corrected chi connectivity index (χ1v) is 11.5. The maximum atomic E-state index is 13.9. The highest BCUT2D eigenvalue weighted by Crippen LogP contribution is 2.32. The van der Waals surface area contributed by atoms with Crippen LogP contribution in [0.3, 0.4) is 0 Å². The molecule has 0 spiro atoms. The number of rotatable bonds is 7. The number of nitrogen functional groups attached to an aromatic ring is 1. The molecule has 0 unspecified atom stereocenters. The summed E-state index contributed by atoms with van der Waals surface area (Å²) in [5, 5.41) is 0. The number of piperazine rings is 1. The van der Waals surface area contributed by atoms with Gasteiger partial charge in [0.1, 0.15) is 5.82 Å². The summed E-state index contributed by atoms with van der Waals surface area (Å²) >= 11 is 0. The van der Waals surface area contributed by atoms with E-state index in [1.54, 1.807) is 7.11 Å². The Morgan fingerprint density at radius 3 is 2.41 bits per heavy atom. The molecular formula is C22H32F2N8O2. The Kier molecular flexibility index (Phi) is 7.69. The van der Waals surface area contributed by atoms with E-state index in [1.165, 1.54) is 12.3 Å². The van der Waals surface area contributed by atoms with Crippen molar-refractivity contribution in [2.45, 2.75) is 32.4 Å². The lowest BCUT2D eigenvalue weighted by Gasteiger charge is -2.39. The number of nitrogens with zero attached hydrogens (tertiary/aromatic N) is 7. The Morgan fingerprint density at radius 2 is 1.76 bits per heavy atom. The van der Waals surface area contributed by atoms with Crippen molar-refractivity contribution in [3.8, 4) is 11.4 Å². The third-order valence-electron chi connectivity index (χ3n) is 6.21. The second kappa shape index (κ2) is 10.7. The zero-order valence-corrected chi connectivity index (χ0v) is 19.8. The van der Waals surface area contributed by atoms with Crippen molar-refractivity contribution >= 4 is 17.7 Å². The highest BCUT2D eigenvalue weighted by atomic mass is 19.3. The third kappa shape index (κ3) is 5.34. The Labute approximate surface area is 198 Å². The first-order chi connectivity index (χ1) is 16.4. The molecule has 0 aromatic carbocycles. The number of anilines is 3. The summed E-state index contributed by atoms with van der Waals surface area (Å²) in [6, 6.07) is 1.23. The molecular weight excluding hydrogens is 446 g/mol. The van der Waals surface area contributed by atoms with E-state index < -0.39 is 6.43 Å². The molecule has 2 N–H and O–H groups in total. The average molecular weight is 479 g/mol. The van der Waals surface area contributed by atoms with Crippen LogP contribution in [-0.2, 0) is 9.47 Å². The van der Waals surface area contributed by atoms with Gasteiger partial charge in [0.15, 0.2) is 5.82 Å². The zero-order valence-electron chi connectivity index (χ0n) is 19.8. The number of pyridine rings is 1. The van der Waals surface area contributed by atoms with Crippen LogP contribution < -0.4 is 15.5 Å². The van der Waals surface area contributed by atoms with Crippen LogP contribution in [0.4, 0.5) is 26.5 Å². The van der Waals surface area contributed by atoms with E-state index in [1.807, 2.05) is 13.8 Å². The van der Waals surface area contributed by atoms with Crippen molar-refractivity contribution in [1.82, 2.24) is 24.8 Å². The summed E-state index contributed by atoms with van der Waals surface area (Å²) < 4.78 is 38.6. The molecule has 0 amide bonds. The number of hydrogen-bond donors (Lipinski definition) is 1. The van der Waals surface area contributed by atoms with E-state index in [-0.39, 0.29) is 34.9 Å². The van der Waals surface area contributed by atoms with Gasteiger partial charge in [0.2, 0.25) is 11.9 Å². The van der Waals surface area contributed by atoms with Gasteiger partial charge in [-0.25, -0.2) is 13.8 Å². The molecule has 2 atom stereocenters. The molecule has 2 aliphatic rings. The zero-order chi connectivity index (χ0) is 24.2. The number of methoxy groups -OCH3 is 1. The van der Waals surface area contributed by atoms with E-state index in [0.29, 0.717) is 44.8 Å². The molecule has 34 heavy (non-hydrogen) atoms. The lowest BCUT2D eigenvalue weighted by Crippen LogP contribution is -2.51. The number of hydrogen-bond acceptors (Lipinski definition) is 10. The Balaban J connectivity index is 1.72. The summed E-state index contributed by atoms with van der Waals surface area (Å²) in [4.78, 5) is 24.5. The summed E-state index contributed by atoms with van der Waals surface area (Å²) in [7, 11) is 1.69. The minimum absolute atomic E-state index is 0.0242. The fourth-order valence-electron chi connectivity index (χ4n) is 4.38. The van der Waals surface area contributed by atoms with Crippen molar-refractivity contribution in [3.63, 3.8) is 0 Å². The predicted octanol–water partition coefficient (Wildman–Crippen LogP) is 1.84. The predicted molar refractivity (Wildman–Crippen MR) is 125 cm³/mol. The van der Waals surface area contributed by atoms with Crippen LogP contribution in [0, 0.1) is 0 Å². The number of morpholine rings is 1. The fraction of sp³-hybridized carbons (Fsp3) is 0.636. The van der Waals surface area contributed by atoms with Crippen LogP contribution in [0.1, 0.15) is 25.8 Å². The minimum Gasteiger partial charge on any atom is -0.384 e. The molecule has 4 rings (SSSR count). The van der Waals surface area contributed by atoms with Crippen molar-refractivity contribution in [3.05, 3.63) is 17.8 Å². The topological polar surface area (TPSA) is 106 Å². The van der Waals surface area contributed by atoms with Crippen molar-refractivity contribution in [1.29, 1.82) is 0 Å². The van der Waals surface area contributed by atoms with Gasteiger partial charge < -0.3 is 25.0 Å². The van der Waals surface area contributed by atoms with Gasteiger partial charge in [-0.05, 0) is 19.9 Å². The molecule has 2 fully saturated rings. The normalized spacial score (nSPS) is 21.9. The quantitative estimate of drug-likeness (QED) is 0.634. The molecule has 4 heterocycles. The monoisotopic (exact) mass is 478 g/mol. The molecule has 10 nitrogen and oxygen atoms in total. The number of halogens is 2. The number of ether oxygens (including phenoxy) is 2. The van der Waals surface area contributed by atoms with Crippen LogP contribution in [0.2, 0.25) is 0 Å². The molecule has 0 bridgehead atoms. The summed E-state index contributed by atoms with van der Waals surface area (Å²) in [6.07, 6.45) is -1.43. The summed E-state index contributed by atoms with van der Waals surface area (Å²) in [5.74, 6) is 1.10. The molecule has 0 radical (unpaired) electrons. The highest BCUT2D eigenvalue weighted by molar-refractivity contribution is 5.64. The standard InChI is InChI=1S/C22H32F2N8O2/c1-14-12-34-13-15(2)32(14)22-28-20(17-11-26-18(25)10-16(17)19(23)24)27-21(29-22)31-6-4-30(5-7-31)8-9-33-3/h10-11,14-15,19H,4-9,12-13H2,1-3H3,(H2,25,26)/t14-,15+. The highest BCUT2D eigenvalue weighted by Gasteiger charge is 2.30. The van der Waals surface area contributed by atoms with Gasteiger partial charge >= 0.3 is 0 Å². The number of nitrogens with two attached hydrogens (primary N) is 1. The first kappa shape index (κ1) is 24.4. The fourth-order valence-corrected chi connectivity index (χ4v) is 4.38. The molecule has 2 saturated heterocycles. The van der Waals surface area contributed by atoms with Crippen LogP contribution in [0.15, 0.2) is 12.3 Å². The van der Waals surface area contributed by atoms with E-state index in [4.69, 9.17) is 20.2 Å². The van der Waals surface area contributed by atoms with Crippen LogP contribution in [0.25, 0.3) is 11.4 Å². The second-order valence-electron chi connectivity index (χ2n) is 8.72.